The molecule has 30 heavy (non-hydrogen) atoms. The Morgan fingerprint density at radius 3 is 2.27 bits per heavy atom. The second kappa shape index (κ2) is 13.0. The van der Waals surface area contributed by atoms with Gasteiger partial charge in [-0.15, -0.1) is 0 Å². The number of hydrogen-bond acceptors (Lipinski definition) is 5. The van der Waals surface area contributed by atoms with Crippen molar-refractivity contribution < 1.29 is 19.0 Å². The molecule has 0 atom stereocenters. The Morgan fingerprint density at radius 1 is 1.13 bits per heavy atom. The molecule has 0 radical (unpaired) electrons. The topological polar surface area (TPSA) is 84.4 Å². The van der Waals surface area contributed by atoms with Crippen molar-refractivity contribution in [1.29, 1.82) is 0 Å². The summed E-state index contributed by atoms with van der Waals surface area (Å²) in [6, 6.07) is 0. The number of methoxy groups -OCH3 is 1. The number of nitrogens with one attached hydrogen (secondary N) is 2. The van der Waals surface area contributed by atoms with E-state index in [1.807, 2.05) is 20.8 Å². The van der Waals surface area contributed by atoms with Crippen LogP contribution in [0.2, 0.25) is 0 Å². The molecule has 0 unspecified atom stereocenters. The molecule has 176 valence electrons. The first-order valence-electron chi connectivity index (χ1n) is 11.3. The smallest absolute Gasteiger partial charge is 0.408 e. The van der Waals surface area contributed by atoms with Gasteiger partial charge in [-0.25, -0.2) is 4.79 Å². The largest absolute Gasteiger partial charge is 0.444 e. The van der Waals surface area contributed by atoms with E-state index in [4.69, 9.17) is 14.2 Å². The Labute approximate surface area is 183 Å². The molecule has 0 bridgehead atoms. The summed E-state index contributed by atoms with van der Waals surface area (Å²) in [6.07, 6.45) is 4.41. The van der Waals surface area contributed by atoms with Gasteiger partial charge >= 0.3 is 6.09 Å². The van der Waals surface area contributed by atoms with Crippen LogP contribution in [0, 0.1) is 0 Å². The lowest BCUT2D eigenvalue weighted by Crippen LogP contribution is -2.58. The SMILES string of the molecule is CCC(CC)(CNC(=NC)N1CCC(OCCCOC)CC1)NC(=O)OC(C)(C)C. The highest BCUT2D eigenvalue weighted by molar-refractivity contribution is 5.80. The Hall–Kier alpha value is -1.54. The van der Waals surface area contributed by atoms with Gasteiger partial charge in [0.1, 0.15) is 5.60 Å². The van der Waals surface area contributed by atoms with Crippen LogP contribution in [-0.2, 0) is 14.2 Å². The molecule has 8 heteroatoms. The molecule has 1 aliphatic rings. The van der Waals surface area contributed by atoms with Gasteiger partial charge in [0.2, 0.25) is 0 Å². The molecule has 0 aromatic heterocycles. The maximum absolute atomic E-state index is 12.3. The number of carbonyl (C=O) groups is 1. The minimum Gasteiger partial charge on any atom is -0.444 e. The van der Waals surface area contributed by atoms with E-state index >= 15 is 0 Å². The number of carbonyl (C=O) groups excluding carboxylic acids is 1. The molecule has 0 saturated carbocycles. The average molecular weight is 429 g/mol. The first-order valence-corrected chi connectivity index (χ1v) is 11.3. The van der Waals surface area contributed by atoms with E-state index < -0.39 is 5.60 Å². The van der Waals surface area contributed by atoms with Gasteiger partial charge in [0, 0.05) is 47.0 Å². The molecule has 0 spiro atoms. The van der Waals surface area contributed by atoms with Crippen molar-refractivity contribution in [2.45, 2.75) is 84.0 Å². The zero-order valence-electron chi connectivity index (χ0n) is 20.2. The van der Waals surface area contributed by atoms with Crippen molar-refractivity contribution in [3.8, 4) is 0 Å². The summed E-state index contributed by atoms with van der Waals surface area (Å²) in [5.41, 5.74) is -0.905. The third kappa shape index (κ3) is 9.51. The van der Waals surface area contributed by atoms with Gasteiger partial charge < -0.3 is 29.7 Å². The van der Waals surface area contributed by atoms with Crippen LogP contribution in [0.15, 0.2) is 4.99 Å². The summed E-state index contributed by atoms with van der Waals surface area (Å²) < 4.78 is 16.5. The fraction of sp³-hybridized carbons (Fsp3) is 0.909. The molecule has 1 saturated heterocycles. The number of amides is 1. The van der Waals surface area contributed by atoms with Crippen molar-refractivity contribution in [2.75, 3.05) is 47.0 Å². The van der Waals surface area contributed by atoms with E-state index in [-0.39, 0.29) is 11.6 Å². The van der Waals surface area contributed by atoms with E-state index in [1.165, 1.54) is 0 Å². The van der Waals surface area contributed by atoms with Crippen LogP contribution >= 0.6 is 0 Å². The molecular formula is C22H44N4O4. The van der Waals surface area contributed by atoms with Crippen LogP contribution in [0.3, 0.4) is 0 Å². The van der Waals surface area contributed by atoms with E-state index in [0.717, 1.165) is 64.4 Å². The van der Waals surface area contributed by atoms with Crippen molar-refractivity contribution in [3.05, 3.63) is 0 Å². The number of rotatable bonds is 10. The maximum atomic E-state index is 12.3. The monoisotopic (exact) mass is 428 g/mol. The molecule has 0 aromatic carbocycles. The molecule has 0 aromatic rings. The average Bonchev–Trinajstić information content (AvgIpc) is 2.70. The Balaban J connectivity index is 2.55. The highest BCUT2D eigenvalue weighted by Gasteiger charge is 2.31. The van der Waals surface area contributed by atoms with Crippen molar-refractivity contribution >= 4 is 12.1 Å². The van der Waals surface area contributed by atoms with E-state index in [0.29, 0.717) is 12.6 Å². The molecule has 2 N–H and O–H groups in total. The number of aliphatic imine (C=N–C) groups is 1. The van der Waals surface area contributed by atoms with Gasteiger partial charge in [-0.05, 0) is 52.9 Å². The first-order chi connectivity index (χ1) is 14.2. The van der Waals surface area contributed by atoms with Crippen molar-refractivity contribution in [3.63, 3.8) is 0 Å². The zero-order valence-corrected chi connectivity index (χ0v) is 20.2. The standard InChI is InChI=1S/C22H44N4O4/c1-8-22(9-2,25-20(27)30-21(3,4)5)17-24-19(23-6)26-13-11-18(12-14-26)29-16-10-15-28-7/h18H,8-17H2,1-7H3,(H,23,24)(H,25,27). The van der Waals surface area contributed by atoms with Gasteiger partial charge in [-0.1, -0.05) is 13.8 Å². The normalized spacial score (nSPS) is 16.5. The summed E-state index contributed by atoms with van der Waals surface area (Å²) in [7, 11) is 3.52. The van der Waals surface area contributed by atoms with Gasteiger partial charge in [-0.3, -0.25) is 4.99 Å². The molecule has 1 heterocycles. The van der Waals surface area contributed by atoms with Gasteiger partial charge in [0.05, 0.1) is 11.6 Å². The van der Waals surface area contributed by atoms with Crippen LogP contribution in [0.1, 0.15) is 66.7 Å². The van der Waals surface area contributed by atoms with Crippen LogP contribution < -0.4 is 10.6 Å². The maximum Gasteiger partial charge on any atom is 0.408 e. The minimum atomic E-state index is -0.517. The molecule has 1 fully saturated rings. The highest BCUT2D eigenvalue weighted by atomic mass is 16.6. The number of likely N-dealkylation sites (tertiary alicyclic amines) is 1. The fourth-order valence-corrected chi connectivity index (χ4v) is 3.51. The highest BCUT2D eigenvalue weighted by Crippen LogP contribution is 2.18. The second-order valence-corrected chi connectivity index (χ2v) is 8.92. The van der Waals surface area contributed by atoms with Gasteiger partial charge in [0.25, 0.3) is 0 Å². The number of guanidine groups is 1. The third-order valence-electron chi connectivity index (χ3n) is 5.50. The summed E-state index contributed by atoms with van der Waals surface area (Å²) in [4.78, 5) is 19.1. The second-order valence-electron chi connectivity index (χ2n) is 8.92. The molecule has 1 aliphatic heterocycles. The zero-order chi connectivity index (χ0) is 22.6. The van der Waals surface area contributed by atoms with Crippen molar-refractivity contribution in [1.82, 2.24) is 15.5 Å². The van der Waals surface area contributed by atoms with Crippen LogP contribution in [-0.4, -0.2) is 81.2 Å². The number of hydrogen-bond donors (Lipinski definition) is 2. The number of alkyl carbamates (subject to hydrolysis) is 1. The van der Waals surface area contributed by atoms with Gasteiger partial charge in [-0.2, -0.15) is 0 Å². The summed E-state index contributed by atoms with van der Waals surface area (Å²) in [5, 5.41) is 6.56. The molecule has 0 aliphatic carbocycles. The van der Waals surface area contributed by atoms with Crippen LogP contribution in [0.4, 0.5) is 4.79 Å². The Kier molecular flexibility index (Phi) is 11.5. The molecule has 1 amide bonds. The van der Waals surface area contributed by atoms with Crippen molar-refractivity contribution in [2.24, 2.45) is 4.99 Å². The molecular weight excluding hydrogens is 384 g/mol. The summed E-state index contributed by atoms with van der Waals surface area (Å²) in [5.74, 6) is 0.866. The predicted molar refractivity (Wildman–Crippen MR) is 121 cm³/mol. The lowest BCUT2D eigenvalue weighted by molar-refractivity contribution is 0.00978. The number of nitrogens with zero attached hydrogens (tertiary/aromatic N) is 2. The Bertz CT molecular complexity index is 522. The summed E-state index contributed by atoms with van der Waals surface area (Å²) in [6.45, 7) is 13.7. The Morgan fingerprint density at radius 2 is 1.77 bits per heavy atom. The van der Waals surface area contributed by atoms with Gasteiger partial charge in [0.15, 0.2) is 5.96 Å². The molecule has 1 rings (SSSR count). The van der Waals surface area contributed by atoms with E-state index in [2.05, 4.69) is 34.4 Å². The third-order valence-corrected chi connectivity index (χ3v) is 5.50. The fourth-order valence-electron chi connectivity index (χ4n) is 3.51. The number of ether oxygens (including phenoxy) is 3. The summed E-state index contributed by atoms with van der Waals surface area (Å²) >= 11 is 0. The predicted octanol–water partition coefficient (Wildman–Crippen LogP) is 3.16. The lowest BCUT2D eigenvalue weighted by Gasteiger charge is -2.38. The van der Waals surface area contributed by atoms with E-state index in [9.17, 15) is 4.79 Å². The number of piperidine rings is 1. The quantitative estimate of drug-likeness (QED) is 0.316. The van der Waals surface area contributed by atoms with Crippen LogP contribution in [0.25, 0.3) is 0 Å². The minimum absolute atomic E-state index is 0.301. The first kappa shape index (κ1) is 26.5. The van der Waals surface area contributed by atoms with E-state index in [1.54, 1.807) is 14.2 Å². The lowest BCUT2D eigenvalue weighted by atomic mass is 9.93. The molecule has 8 nitrogen and oxygen atoms in total. The van der Waals surface area contributed by atoms with Crippen LogP contribution in [0.5, 0.6) is 0 Å².